The molecular formula is C4H6BrClO. The van der Waals surface area contributed by atoms with E-state index in [0.29, 0.717) is 0 Å². The second-order valence-electron chi connectivity index (χ2n) is 1.22. The van der Waals surface area contributed by atoms with Gasteiger partial charge in [-0.15, -0.1) is 11.6 Å². The molecule has 42 valence electrons. The number of hydrogen-bond donors (Lipinski definition) is 0. The van der Waals surface area contributed by atoms with E-state index in [-0.39, 0.29) is 16.5 Å². The van der Waals surface area contributed by atoms with Crippen LogP contribution in [0.2, 0.25) is 0 Å². The van der Waals surface area contributed by atoms with E-state index < -0.39 is 0 Å². The lowest BCUT2D eigenvalue weighted by Crippen LogP contribution is -2.09. The Bertz CT molecular complexity index is 72.1. The zero-order chi connectivity index (χ0) is 5.86. The van der Waals surface area contributed by atoms with Crippen LogP contribution in [-0.2, 0) is 4.79 Å². The molecule has 0 amide bonds. The van der Waals surface area contributed by atoms with Gasteiger partial charge in [0.1, 0.15) is 0 Å². The van der Waals surface area contributed by atoms with Crippen molar-refractivity contribution in [2.75, 3.05) is 5.88 Å². The summed E-state index contributed by atoms with van der Waals surface area (Å²) in [5, 5.41) is 0. The van der Waals surface area contributed by atoms with Crippen molar-refractivity contribution in [3.63, 3.8) is 0 Å². The fraction of sp³-hybridized carbons (Fsp3) is 0.750. The third-order valence-electron chi connectivity index (χ3n) is 0.575. The van der Waals surface area contributed by atoms with Crippen LogP contribution in [0.1, 0.15) is 6.92 Å². The summed E-state index contributed by atoms with van der Waals surface area (Å²) in [6, 6.07) is 0. The van der Waals surface area contributed by atoms with E-state index in [2.05, 4.69) is 15.9 Å². The van der Waals surface area contributed by atoms with Gasteiger partial charge in [-0.1, -0.05) is 15.9 Å². The maximum atomic E-state index is 10.3. The summed E-state index contributed by atoms with van der Waals surface area (Å²) < 4.78 is 0. The highest BCUT2D eigenvalue weighted by Gasteiger charge is 2.04. The Morgan fingerprint density at radius 3 is 2.43 bits per heavy atom. The average Bonchev–Trinajstić information content (AvgIpc) is 1.65. The van der Waals surface area contributed by atoms with Crippen molar-refractivity contribution in [3.05, 3.63) is 0 Å². The van der Waals surface area contributed by atoms with Crippen molar-refractivity contribution in [2.24, 2.45) is 0 Å². The largest absolute Gasteiger partial charge is 0.297 e. The molecule has 1 atom stereocenters. The van der Waals surface area contributed by atoms with Gasteiger partial charge in [0, 0.05) is 0 Å². The van der Waals surface area contributed by atoms with Crippen LogP contribution in [0.5, 0.6) is 0 Å². The molecule has 0 N–H and O–H groups in total. The Hall–Kier alpha value is 0.440. The van der Waals surface area contributed by atoms with Gasteiger partial charge >= 0.3 is 0 Å². The number of halogens is 2. The molecule has 0 radical (unpaired) electrons. The number of alkyl halides is 2. The maximum absolute atomic E-state index is 10.3. The SMILES string of the molecule is CC(Br)C(=O)CCl. The molecule has 0 rings (SSSR count). The van der Waals surface area contributed by atoms with E-state index in [4.69, 9.17) is 11.6 Å². The Morgan fingerprint density at radius 1 is 2.00 bits per heavy atom. The Kier molecular flexibility index (Phi) is 3.66. The molecule has 0 aromatic carbocycles. The molecule has 1 unspecified atom stereocenters. The van der Waals surface area contributed by atoms with Crippen LogP contribution < -0.4 is 0 Å². The van der Waals surface area contributed by atoms with Crippen LogP contribution >= 0.6 is 27.5 Å². The molecule has 0 aliphatic carbocycles. The van der Waals surface area contributed by atoms with Gasteiger partial charge in [-0.2, -0.15) is 0 Å². The van der Waals surface area contributed by atoms with E-state index in [1.165, 1.54) is 0 Å². The van der Waals surface area contributed by atoms with Crippen molar-refractivity contribution >= 4 is 33.3 Å². The summed E-state index contributed by atoms with van der Waals surface area (Å²) in [5.74, 6) is 0.133. The number of carbonyl (C=O) groups is 1. The van der Waals surface area contributed by atoms with Gasteiger partial charge in [-0.05, 0) is 6.92 Å². The lowest BCUT2D eigenvalue weighted by Gasteiger charge is -1.92. The summed E-state index contributed by atoms with van der Waals surface area (Å²) >= 11 is 8.23. The Labute approximate surface area is 56.2 Å². The fourth-order valence-electron chi connectivity index (χ4n) is 0.106. The molecule has 1 nitrogen and oxygen atoms in total. The van der Waals surface area contributed by atoms with Crippen LogP contribution in [0.4, 0.5) is 0 Å². The van der Waals surface area contributed by atoms with E-state index in [1.807, 2.05) is 0 Å². The first-order valence-corrected chi connectivity index (χ1v) is 3.36. The maximum Gasteiger partial charge on any atom is 0.160 e. The molecule has 0 aromatic heterocycles. The highest BCUT2D eigenvalue weighted by molar-refractivity contribution is 9.10. The van der Waals surface area contributed by atoms with Gasteiger partial charge < -0.3 is 0 Å². The van der Waals surface area contributed by atoms with Gasteiger partial charge in [0.15, 0.2) is 5.78 Å². The second kappa shape index (κ2) is 3.44. The van der Waals surface area contributed by atoms with Crippen LogP contribution in [0.3, 0.4) is 0 Å². The number of hydrogen-bond acceptors (Lipinski definition) is 1. The first-order valence-electron chi connectivity index (χ1n) is 1.91. The molecule has 3 heteroatoms. The third kappa shape index (κ3) is 3.06. The lowest BCUT2D eigenvalue weighted by atomic mass is 10.4. The fourth-order valence-corrected chi connectivity index (χ4v) is 0.686. The van der Waals surface area contributed by atoms with Crippen molar-refractivity contribution in [1.29, 1.82) is 0 Å². The van der Waals surface area contributed by atoms with Crippen molar-refractivity contribution in [1.82, 2.24) is 0 Å². The predicted octanol–water partition coefficient (Wildman–Crippen LogP) is 1.58. The molecule has 0 aromatic rings. The quantitative estimate of drug-likeness (QED) is 0.597. The molecule has 0 aliphatic rings. The monoisotopic (exact) mass is 184 g/mol. The van der Waals surface area contributed by atoms with Crippen LogP contribution in [-0.4, -0.2) is 16.5 Å². The summed E-state index contributed by atoms with van der Waals surface area (Å²) in [6.45, 7) is 1.75. The predicted molar refractivity (Wildman–Crippen MR) is 34.1 cm³/mol. The molecule has 0 saturated heterocycles. The summed E-state index contributed by atoms with van der Waals surface area (Å²) in [5.41, 5.74) is 0. The second-order valence-corrected chi connectivity index (χ2v) is 2.86. The van der Waals surface area contributed by atoms with E-state index in [9.17, 15) is 4.79 Å². The molecular weight excluding hydrogens is 179 g/mol. The van der Waals surface area contributed by atoms with Crippen molar-refractivity contribution in [3.8, 4) is 0 Å². The van der Waals surface area contributed by atoms with E-state index in [1.54, 1.807) is 6.92 Å². The van der Waals surface area contributed by atoms with Gasteiger partial charge in [-0.3, -0.25) is 4.79 Å². The van der Waals surface area contributed by atoms with E-state index in [0.717, 1.165) is 0 Å². The van der Waals surface area contributed by atoms with Crippen molar-refractivity contribution < 1.29 is 4.79 Å². The normalized spacial score (nSPS) is 13.6. The summed E-state index contributed by atoms with van der Waals surface area (Å²) in [4.78, 5) is 10.2. The molecule has 0 aliphatic heterocycles. The summed E-state index contributed by atoms with van der Waals surface area (Å²) in [6.07, 6.45) is 0. The third-order valence-corrected chi connectivity index (χ3v) is 1.35. The average molecular weight is 185 g/mol. The molecule has 0 saturated carbocycles. The molecule has 0 spiro atoms. The standard InChI is InChI=1S/C4H6BrClO/c1-3(5)4(7)2-6/h3H,2H2,1H3. The number of carbonyl (C=O) groups excluding carboxylic acids is 1. The van der Waals surface area contributed by atoms with Gasteiger partial charge in [0.2, 0.25) is 0 Å². The minimum Gasteiger partial charge on any atom is -0.297 e. The van der Waals surface area contributed by atoms with Gasteiger partial charge in [0.25, 0.3) is 0 Å². The zero-order valence-corrected chi connectivity index (χ0v) is 6.29. The highest BCUT2D eigenvalue weighted by atomic mass is 79.9. The first-order chi connectivity index (χ1) is 3.18. The van der Waals surface area contributed by atoms with Gasteiger partial charge in [0.05, 0.1) is 10.7 Å². The van der Waals surface area contributed by atoms with Crippen LogP contribution in [0, 0.1) is 0 Å². The number of rotatable bonds is 2. The molecule has 0 bridgehead atoms. The molecule has 7 heavy (non-hydrogen) atoms. The van der Waals surface area contributed by atoms with E-state index >= 15 is 0 Å². The minimum absolute atomic E-state index is 0.0293. The lowest BCUT2D eigenvalue weighted by molar-refractivity contribution is -0.115. The Morgan fingerprint density at radius 2 is 2.43 bits per heavy atom. The topological polar surface area (TPSA) is 17.1 Å². The minimum atomic E-state index is -0.0926. The van der Waals surface area contributed by atoms with Crippen LogP contribution in [0.15, 0.2) is 0 Å². The Balaban J connectivity index is 3.35. The molecule has 0 heterocycles. The zero-order valence-electron chi connectivity index (χ0n) is 3.95. The number of Topliss-reactive ketones (excluding diaryl/α,β-unsaturated/α-hetero) is 1. The number of ketones is 1. The smallest absolute Gasteiger partial charge is 0.160 e. The molecule has 0 fully saturated rings. The van der Waals surface area contributed by atoms with Crippen molar-refractivity contribution in [2.45, 2.75) is 11.8 Å². The highest BCUT2D eigenvalue weighted by Crippen LogP contribution is 1.98. The first kappa shape index (κ1) is 7.44. The summed E-state index contributed by atoms with van der Waals surface area (Å²) in [7, 11) is 0. The van der Waals surface area contributed by atoms with Crippen LogP contribution in [0.25, 0.3) is 0 Å². The van der Waals surface area contributed by atoms with Gasteiger partial charge in [-0.25, -0.2) is 0 Å².